The number of ether oxygens (including phenoxy) is 3. The van der Waals surface area contributed by atoms with Gasteiger partial charge in [-0.15, -0.1) is 0 Å². The standard InChI is InChI=1S/C22H20N2O4.C7H7Cl.CH4O/c1-3-26-19-7-5-18(6-8-19)24-20(12-17(23-24)10-15(2)13-25)16-4-9-21-22(11-16)28-14-27-21;1-6-3-2-4-7(8)5-6;1-2/h4-13H,3,14H2,1-2H3;2-5H,1H3;2H,1H3/b15-10+;;. The molecule has 0 saturated carbocycles. The molecule has 0 radical (unpaired) electrons. The largest absolute Gasteiger partial charge is 0.494 e. The maximum absolute atomic E-state index is 11.0. The minimum absolute atomic E-state index is 0.226. The van der Waals surface area contributed by atoms with E-state index in [1.807, 2.05) is 91.3 Å². The smallest absolute Gasteiger partial charge is 0.231 e. The summed E-state index contributed by atoms with van der Waals surface area (Å²) in [5.74, 6) is 2.24. The molecule has 0 amide bonds. The summed E-state index contributed by atoms with van der Waals surface area (Å²) in [6.45, 7) is 6.56. The van der Waals surface area contributed by atoms with Gasteiger partial charge in [-0.1, -0.05) is 23.7 Å². The zero-order valence-corrected chi connectivity index (χ0v) is 22.6. The summed E-state index contributed by atoms with van der Waals surface area (Å²) in [5.41, 5.74) is 5.22. The number of aliphatic hydroxyl groups is 1. The quantitative estimate of drug-likeness (QED) is 0.224. The van der Waals surface area contributed by atoms with Gasteiger partial charge < -0.3 is 19.3 Å². The number of rotatable bonds is 6. The van der Waals surface area contributed by atoms with Gasteiger partial charge in [-0.2, -0.15) is 5.10 Å². The van der Waals surface area contributed by atoms with Crippen LogP contribution >= 0.6 is 11.6 Å². The minimum Gasteiger partial charge on any atom is -0.494 e. The van der Waals surface area contributed by atoms with Crippen molar-refractivity contribution in [1.82, 2.24) is 9.78 Å². The van der Waals surface area contributed by atoms with Gasteiger partial charge >= 0.3 is 0 Å². The van der Waals surface area contributed by atoms with Gasteiger partial charge in [0.2, 0.25) is 6.79 Å². The predicted molar refractivity (Wildman–Crippen MR) is 150 cm³/mol. The number of hydrogen-bond acceptors (Lipinski definition) is 6. The van der Waals surface area contributed by atoms with E-state index in [9.17, 15) is 4.79 Å². The van der Waals surface area contributed by atoms with Crippen LogP contribution < -0.4 is 14.2 Å². The third-order valence-corrected chi connectivity index (χ3v) is 5.57. The Morgan fingerprint density at radius 2 is 1.79 bits per heavy atom. The first-order valence-corrected chi connectivity index (χ1v) is 12.4. The normalized spacial score (nSPS) is 11.6. The zero-order valence-electron chi connectivity index (χ0n) is 21.8. The lowest BCUT2D eigenvalue weighted by Crippen LogP contribution is -2.00. The van der Waals surface area contributed by atoms with Crippen LogP contribution in [0.1, 0.15) is 25.1 Å². The van der Waals surface area contributed by atoms with Crippen LogP contribution in [-0.4, -0.2) is 41.7 Å². The second-order valence-corrected chi connectivity index (χ2v) is 8.60. The number of halogens is 1. The number of aliphatic hydroxyl groups excluding tert-OH is 1. The second-order valence-electron chi connectivity index (χ2n) is 8.17. The first kappa shape index (κ1) is 28.5. The molecule has 0 aliphatic carbocycles. The number of benzene rings is 3. The highest BCUT2D eigenvalue weighted by atomic mass is 35.5. The molecule has 0 bridgehead atoms. The molecule has 4 aromatic rings. The SMILES string of the molecule is CCOc1ccc(-n2nc(/C=C(\C)C=O)cc2-c2ccc3c(c2)OCO3)cc1.CO.Cc1cccc(Cl)c1. The maximum atomic E-state index is 11.0. The Hall–Kier alpha value is -4.07. The van der Waals surface area contributed by atoms with E-state index < -0.39 is 0 Å². The first-order chi connectivity index (χ1) is 18.5. The van der Waals surface area contributed by atoms with Crippen molar-refractivity contribution in [3.63, 3.8) is 0 Å². The van der Waals surface area contributed by atoms with E-state index >= 15 is 0 Å². The predicted octanol–water partition coefficient (Wildman–Crippen LogP) is 6.53. The highest BCUT2D eigenvalue weighted by Crippen LogP contribution is 2.37. The summed E-state index contributed by atoms with van der Waals surface area (Å²) in [5, 5.41) is 12.5. The van der Waals surface area contributed by atoms with Gasteiger partial charge in [0.25, 0.3) is 0 Å². The Bertz CT molecular complexity index is 1360. The van der Waals surface area contributed by atoms with E-state index in [4.69, 9.17) is 30.9 Å². The lowest BCUT2D eigenvalue weighted by atomic mass is 10.1. The number of nitrogens with zero attached hydrogens (tertiary/aromatic N) is 2. The number of aryl methyl sites for hydroxylation is 1. The fourth-order valence-electron chi connectivity index (χ4n) is 3.65. The van der Waals surface area contributed by atoms with Crippen molar-refractivity contribution < 1.29 is 24.1 Å². The van der Waals surface area contributed by atoms with Gasteiger partial charge in [0.1, 0.15) is 12.0 Å². The van der Waals surface area contributed by atoms with Crippen LogP contribution in [0.2, 0.25) is 5.02 Å². The van der Waals surface area contributed by atoms with Gasteiger partial charge in [-0.25, -0.2) is 4.68 Å². The molecule has 0 saturated heterocycles. The molecule has 3 aromatic carbocycles. The average molecular weight is 535 g/mol. The molecule has 0 fully saturated rings. The first-order valence-electron chi connectivity index (χ1n) is 12.0. The summed E-state index contributed by atoms with van der Waals surface area (Å²) in [6.07, 6.45) is 2.57. The molecular formula is C30H31ClN2O5. The van der Waals surface area contributed by atoms with Gasteiger partial charge in [0.05, 0.1) is 23.7 Å². The maximum Gasteiger partial charge on any atom is 0.231 e. The number of aromatic nitrogens is 2. The van der Waals surface area contributed by atoms with Crippen molar-refractivity contribution >= 4 is 24.0 Å². The summed E-state index contributed by atoms with van der Waals surface area (Å²) in [4.78, 5) is 11.0. The molecule has 5 rings (SSSR count). The summed E-state index contributed by atoms with van der Waals surface area (Å²) in [6, 6.07) is 23.2. The number of fused-ring (bicyclic) bond motifs is 1. The van der Waals surface area contributed by atoms with E-state index in [2.05, 4.69) is 5.10 Å². The van der Waals surface area contributed by atoms with E-state index in [1.165, 1.54) is 5.56 Å². The molecule has 1 aliphatic rings. The van der Waals surface area contributed by atoms with Gasteiger partial charge in [-0.05, 0) is 98.6 Å². The molecule has 2 heterocycles. The van der Waals surface area contributed by atoms with Crippen LogP contribution in [0.25, 0.3) is 23.0 Å². The molecule has 1 aliphatic heterocycles. The van der Waals surface area contributed by atoms with E-state index in [-0.39, 0.29) is 6.79 Å². The summed E-state index contributed by atoms with van der Waals surface area (Å²) in [7, 11) is 1.00. The third-order valence-electron chi connectivity index (χ3n) is 5.33. The number of hydrogen-bond donors (Lipinski definition) is 1. The van der Waals surface area contributed by atoms with Crippen LogP contribution in [-0.2, 0) is 4.79 Å². The van der Waals surface area contributed by atoms with E-state index in [0.29, 0.717) is 23.6 Å². The van der Waals surface area contributed by atoms with Crippen LogP contribution in [0.5, 0.6) is 17.2 Å². The Balaban J connectivity index is 0.000000339. The van der Waals surface area contributed by atoms with Crippen molar-refractivity contribution in [2.75, 3.05) is 20.5 Å². The molecule has 1 aromatic heterocycles. The van der Waals surface area contributed by atoms with Crippen molar-refractivity contribution in [3.8, 4) is 34.2 Å². The topological polar surface area (TPSA) is 82.8 Å². The molecule has 1 N–H and O–H groups in total. The second kappa shape index (κ2) is 14.0. The highest BCUT2D eigenvalue weighted by Gasteiger charge is 2.17. The molecule has 0 unspecified atom stereocenters. The Morgan fingerprint density at radius 1 is 1.05 bits per heavy atom. The lowest BCUT2D eigenvalue weighted by molar-refractivity contribution is -0.104. The van der Waals surface area contributed by atoms with Crippen LogP contribution in [0.3, 0.4) is 0 Å². The molecule has 38 heavy (non-hydrogen) atoms. The van der Waals surface area contributed by atoms with Crippen molar-refractivity contribution in [3.05, 3.63) is 94.6 Å². The Kier molecular flexibility index (Phi) is 10.5. The van der Waals surface area contributed by atoms with E-state index in [0.717, 1.165) is 46.9 Å². The van der Waals surface area contributed by atoms with Crippen LogP contribution in [0, 0.1) is 6.92 Å². The molecule has 0 spiro atoms. The van der Waals surface area contributed by atoms with Gasteiger partial charge in [-0.3, -0.25) is 4.79 Å². The molecule has 198 valence electrons. The fourth-order valence-corrected chi connectivity index (χ4v) is 3.90. The molecular weight excluding hydrogens is 504 g/mol. The Morgan fingerprint density at radius 3 is 2.42 bits per heavy atom. The average Bonchev–Trinajstić information content (AvgIpc) is 3.57. The number of carbonyl (C=O) groups is 1. The number of carbonyl (C=O) groups excluding carboxylic acids is 1. The zero-order chi connectivity index (χ0) is 27.5. The highest BCUT2D eigenvalue weighted by molar-refractivity contribution is 6.30. The Labute approximate surface area is 227 Å². The fraction of sp³-hybridized carbons (Fsp3) is 0.200. The minimum atomic E-state index is 0.226. The molecule has 7 nitrogen and oxygen atoms in total. The summed E-state index contributed by atoms with van der Waals surface area (Å²) >= 11 is 5.64. The van der Waals surface area contributed by atoms with Crippen molar-refractivity contribution in [2.45, 2.75) is 20.8 Å². The monoisotopic (exact) mass is 534 g/mol. The van der Waals surface area contributed by atoms with Crippen LogP contribution in [0.4, 0.5) is 0 Å². The van der Waals surface area contributed by atoms with Crippen molar-refractivity contribution in [2.24, 2.45) is 0 Å². The van der Waals surface area contributed by atoms with Gasteiger partial charge in [0, 0.05) is 17.7 Å². The van der Waals surface area contributed by atoms with Crippen LogP contribution in [0.15, 0.2) is 78.4 Å². The summed E-state index contributed by atoms with van der Waals surface area (Å²) < 4.78 is 18.3. The van der Waals surface area contributed by atoms with Crippen molar-refractivity contribution in [1.29, 1.82) is 0 Å². The van der Waals surface area contributed by atoms with Gasteiger partial charge in [0.15, 0.2) is 11.5 Å². The lowest BCUT2D eigenvalue weighted by Gasteiger charge is -2.09. The number of aldehydes is 1. The number of allylic oxidation sites excluding steroid dienone is 1. The van der Waals surface area contributed by atoms with E-state index in [1.54, 1.807) is 13.0 Å². The molecule has 8 heteroatoms. The molecule has 0 atom stereocenters. The third kappa shape index (κ3) is 7.47.